The Bertz CT molecular complexity index is 341. The van der Waals surface area contributed by atoms with Crippen molar-refractivity contribution in [3.63, 3.8) is 0 Å². The van der Waals surface area contributed by atoms with Crippen molar-refractivity contribution in [3.8, 4) is 5.75 Å². The maximum atomic E-state index is 9.16. The van der Waals surface area contributed by atoms with Crippen molar-refractivity contribution < 1.29 is 14.9 Å². The van der Waals surface area contributed by atoms with Crippen LogP contribution in [0, 0.1) is 6.92 Å². The quantitative estimate of drug-likeness (QED) is 0.606. The van der Waals surface area contributed by atoms with Gasteiger partial charge in [0.2, 0.25) is 0 Å². The van der Waals surface area contributed by atoms with Crippen LogP contribution in [0.25, 0.3) is 0 Å². The Labute approximate surface area is 102 Å². The summed E-state index contributed by atoms with van der Waals surface area (Å²) in [5.74, 6) is 0.889. The Balaban J connectivity index is 2.42. The van der Waals surface area contributed by atoms with Crippen LogP contribution in [-0.4, -0.2) is 43.1 Å². The zero-order valence-electron chi connectivity index (χ0n) is 10.4. The standard InChI is InChI=1S/C13H21NO3/c1-10-3-4-13(17-2)11(7-10)5-6-14-8-12(16)9-15/h3-4,7,12,14-16H,5-6,8-9H2,1-2H3. The van der Waals surface area contributed by atoms with E-state index in [0.29, 0.717) is 6.54 Å². The Morgan fingerprint density at radius 3 is 2.82 bits per heavy atom. The lowest BCUT2D eigenvalue weighted by Gasteiger charge is -2.11. The van der Waals surface area contributed by atoms with Crippen LogP contribution < -0.4 is 10.1 Å². The molecule has 1 unspecified atom stereocenters. The number of hydrogen-bond acceptors (Lipinski definition) is 4. The summed E-state index contributed by atoms with van der Waals surface area (Å²) in [7, 11) is 1.66. The molecule has 0 aromatic heterocycles. The van der Waals surface area contributed by atoms with Crippen LogP contribution >= 0.6 is 0 Å². The Hall–Kier alpha value is -1.10. The van der Waals surface area contributed by atoms with E-state index < -0.39 is 6.10 Å². The molecule has 1 aromatic carbocycles. The van der Waals surface area contributed by atoms with E-state index in [-0.39, 0.29) is 6.61 Å². The van der Waals surface area contributed by atoms with Crippen LogP contribution in [0.15, 0.2) is 18.2 Å². The lowest BCUT2D eigenvalue weighted by molar-refractivity contribution is 0.0947. The van der Waals surface area contributed by atoms with Gasteiger partial charge >= 0.3 is 0 Å². The third-order valence-electron chi connectivity index (χ3n) is 2.60. The molecule has 0 amide bonds. The van der Waals surface area contributed by atoms with Crippen LogP contribution in [0.2, 0.25) is 0 Å². The van der Waals surface area contributed by atoms with Gasteiger partial charge in [-0.2, -0.15) is 0 Å². The van der Waals surface area contributed by atoms with E-state index in [0.717, 1.165) is 24.3 Å². The Morgan fingerprint density at radius 1 is 1.41 bits per heavy atom. The number of methoxy groups -OCH3 is 1. The summed E-state index contributed by atoms with van der Waals surface area (Å²) < 4.78 is 5.28. The number of aliphatic hydroxyl groups excluding tert-OH is 2. The van der Waals surface area contributed by atoms with Crippen LogP contribution in [-0.2, 0) is 6.42 Å². The molecule has 0 saturated heterocycles. The largest absolute Gasteiger partial charge is 0.496 e. The topological polar surface area (TPSA) is 61.7 Å². The van der Waals surface area contributed by atoms with Crippen molar-refractivity contribution >= 4 is 0 Å². The highest BCUT2D eigenvalue weighted by atomic mass is 16.5. The number of aliphatic hydroxyl groups is 2. The molecule has 0 bridgehead atoms. The van der Waals surface area contributed by atoms with E-state index >= 15 is 0 Å². The summed E-state index contributed by atoms with van der Waals surface area (Å²) >= 11 is 0. The smallest absolute Gasteiger partial charge is 0.122 e. The lowest BCUT2D eigenvalue weighted by atomic mass is 10.1. The summed E-state index contributed by atoms with van der Waals surface area (Å²) in [5, 5.41) is 20.9. The molecule has 3 N–H and O–H groups in total. The SMILES string of the molecule is COc1ccc(C)cc1CCNCC(O)CO. The van der Waals surface area contributed by atoms with Gasteiger partial charge in [0.25, 0.3) is 0 Å². The minimum Gasteiger partial charge on any atom is -0.496 e. The lowest BCUT2D eigenvalue weighted by Crippen LogP contribution is -2.30. The van der Waals surface area contributed by atoms with Crippen molar-refractivity contribution in [2.24, 2.45) is 0 Å². The fourth-order valence-electron chi connectivity index (χ4n) is 1.66. The molecule has 4 nitrogen and oxygen atoms in total. The third kappa shape index (κ3) is 4.73. The molecule has 1 atom stereocenters. The fraction of sp³-hybridized carbons (Fsp3) is 0.538. The number of nitrogens with one attached hydrogen (secondary N) is 1. The first-order chi connectivity index (χ1) is 8.17. The molecule has 0 fully saturated rings. The summed E-state index contributed by atoms with van der Waals surface area (Å²) in [6, 6.07) is 6.08. The molecule has 0 radical (unpaired) electrons. The first-order valence-corrected chi connectivity index (χ1v) is 5.80. The Morgan fingerprint density at radius 2 is 2.18 bits per heavy atom. The van der Waals surface area contributed by atoms with Crippen LogP contribution in [0.5, 0.6) is 5.75 Å². The van der Waals surface area contributed by atoms with Crippen molar-refractivity contribution in [2.75, 3.05) is 26.8 Å². The summed E-state index contributed by atoms with van der Waals surface area (Å²) in [5.41, 5.74) is 2.36. The van der Waals surface area contributed by atoms with Crippen LogP contribution in [0.3, 0.4) is 0 Å². The zero-order chi connectivity index (χ0) is 12.7. The maximum absolute atomic E-state index is 9.16. The molecule has 1 rings (SSSR count). The van der Waals surface area contributed by atoms with Crippen molar-refractivity contribution in [1.29, 1.82) is 0 Å². The van der Waals surface area contributed by atoms with Gasteiger partial charge in [-0.25, -0.2) is 0 Å². The van der Waals surface area contributed by atoms with E-state index in [1.165, 1.54) is 5.56 Å². The van der Waals surface area contributed by atoms with Crippen molar-refractivity contribution in [1.82, 2.24) is 5.32 Å². The normalized spacial score (nSPS) is 12.5. The van der Waals surface area contributed by atoms with Crippen molar-refractivity contribution in [2.45, 2.75) is 19.4 Å². The molecule has 4 heteroatoms. The minimum atomic E-state index is -0.686. The average Bonchev–Trinajstić information content (AvgIpc) is 2.34. The predicted molar refractivity (Wildman–Crippen MR) is 67.4 cm³/mol. The minimum absolute atomic E-state index is 0.208. The molecular formula is C13H21NO3. The van der Waals surface area contributed by atoms with Gasteiger partial charge in [-0.3, -0.25) is 0 Å². The number of rotatable bonds is 7. The molecule has 0 spiro atoms. The second kappa shape index (κ2) is 7.27. The van der Waals surface area contributed by atoms with Gasteiger partial charge in [0.1, 0.15) is 5.75 Å². The first kappa shape index (κ1) is 14.0. The van der Waals surface area contributed by atoms with E-state index in [9.17, 15) is 0 Å². The first-order valence-electron chi connectivity index (χ1n) is 5.80. The molecule has 0 aliphatic heterocycles. The molecule has 0 heterocycles. The van der Waals surface area contributed by atoms with Gasteiger partial charge in [0.05, 0.1) is 19.8 Å². The number of hydrogen-bond donors (Lipinski definition) is 3. The highest BCUT2D eigenvalue weighted by Crippen LogP contribution is 2.19. The maximum Gasteiger partial charge on any atom is 0.122 e. The molecule has 96 valence electrons. The second-order valence-corrected chi connectivity index (χ2v) is 4.11. The zero-order valence-corrected chi connectivity index (χ0v) is 10.4. The Kier molecular flexibility index (Phi) is 5.97. The fourth-order valence-corrected chi connectivity index (χ4v) is 1.66. The predicted octanol–water partition coefficient (Wildman–Crippen LogP) is 0.489. The number of aryl methyl sites for hydroxylation is 1. The number of benzene rings is 1. The summed E-state index contributed by atoms with van der Waals surface area (Å²) in [4.78, 5) is 0. The highest BCUT2D eigenvalue weighted by Gasteiger charge is 2.04. The second-order valence-electron chi connectivity index (χ2n) is 4.11. The molecular weight excluding hydrogens is 218 g/mol. The van der Waals surface area contributed by atoms with E-state index in [4.69, 9.17) is 14.9 Å². The van der Waals surface area contributed by atoms with Gasteiger partial charge in [-0.1, -0.05) is 17.7 Å². The highest BCUT2D eigenvalue weighted by molar-refractivity contribution is 5.37. The van der Waals surface area contributed by atoms with Gasteiger partial charge in [0.15, 0.2) is 0 Å². The molecule has 0 aliphatic rings. The van der Waals surface area contributed by atoms with E-state index in [2.05, 4.69) is 11.4 Å². The number of ether oxygens (including phenoxy) is 1. The van der Waals surface area contributed by atoms with Crippen LogP contribution in [0.4, 0.5) is 0 Å². The summed E-state index contributed by atoms with van der Waals surface area (Å²) in [6.07, 6.45) is 0.151. The third-order valence-corrected chi connectivity index (χ3v) is 2.60. The monoisotopic (exact) mass is 239 g/mol. The molecule has 0 saturated carbocycles. The van der Waals surface area contributed by atoms with E-state index in [1.54, 1.807) is 7.11 Å². The van der Waals surface area contributed by atoms with Gasteiger partial charge in [0, 0.05) is 6.54 Å². The van der Waals surface area contributed by atoms with Crippen LogP contribution in [0.1, 0.15) is 11.1 Å². The van der Waals surface area contributed by atoms with Gasteiger partial charge < -0.3 is 20.3 Å². The van der Waals surface area contributed by atoms with Crippen molar-refractivity contribution in [3.05, 3.63) is 29.3 Å². The van der Waals surface area contributed by atoms with Gasteiger partial charge in [-0.15, -0.1) is 0 Å². The van der Waals surface area contributed by atoms with Gasteiger partial charge in [-0.05, 0) is 31.5 Å². The summed E-state index contributed by atoms with van der Waals surface area (Å²) in [6.45, 7) is 2.99. The molecule has 1 aromatic rings. The molecule has 0 aliphatic carbocycles. The average molecular weight is 239 g/mol. The molecule has 17 heavy (non-hydrogen) atoms. The van der Waals surface area contributed by atoms with E-state index in [1.807, 2.05) is 19.1 Å².